The lowest BCUT2D eigenvalue weighted by Gasteiger charge is -2.09. The second-order valence-corrected chi connectivity index (χ2v) is 4.34. The average molecular weight is 271 g/mol. The zero-order valence-electron chi connectivity index (χ0n) is 11.8. The van der Waals surface area contributed by atoms with E-state index in [2.05, 4.69) is 15.3 Å². The van der Waals surface area contributed by atoms with Crippen molar-refractivity contribution in [3.63, 3.8) is 0 Å². The Morgan fingerprint density at radius 1 is 1.20 bits per heavy atom. The van der Waals surface area contributed by atoms with Gasteiger partial charge < -0.3 is 10.1 Å². The standard InChI is InChI=1S/C15H17N3O2/c1-4-20-13-7-5-12(6-8-13)18-15(19)14-10(2)11(3)16-9-17-14/h5-9H,4H2,1-3H3,(H,18,19). The molecule has 2 rings (SSSR count). The van der Waals surface area contributed by atoms with Gasteiger partial charge in [-0.2, -0.15) is 0 Å². The highest BCUT2D eigenvalue weighted by molar-refractivity contribution is 6.03. The largest absolute Gasteiger partial charge is 0.494 e. The van der Waals surface area contributed by atoms with Crippen molar-refractivity contribution in [2.75, 3.05) is 11.9 Å². The molecule has 0 aliphatic rings. The summed E-state index contributed by atoms with van der Waals surface area (Å²) in [5.74, 6) is 0.539. The first-order chi connectivity index (χ1) is 9.61. The maximum absolute atomic E-state index is 12.2. The highest BCUT2D eigenvalue weighted by Gasteiger charge is 2.12. The van der Waals surface area contributed by atoms with Crippen molar-refractivity contribution < 1.29 is 9.53 Å². The van der Waals surface area contributed by atoms with Gasteiger partial charge in [-0.3, -0.25) is 4.79 Å². The van der Waals surface area contributed by atoms with Crippen LogP contribution in [0.4, 0.5) is 5.69 Å². The molecule has 0 aliphatic heterocycles. The van der Waals surface area contributed by atoms with E-state index in [0.29, 0.717) is 18.0 Å². The van der Waals surface area contributed by atoms with Gasteiger partial charge in [-0.25, -0.2) is 9.97 Å². The fourth-order valence-corrected chi connectivity index (χ4v) is 1.76. The number of carbonyl (C=O) groups is 1. The Morgan fingerprint density at radius 3 is 2.55 bits per heavy atom. The minimum absolute atomic E-state index is 0.239. The molecule has 1 heterocycles. The number of nitrogens with zero attached hydrogens (tertiary/aromatic N) is 2. The highest BCUT2D eigenvalue weighted by Crippen LogP contribution is 2.17. The summed E-state index contributed by atoms with van der Waals surface area (Å²) in [5, 5.41) is 2.81. The number of amides is 1. The number of aromatic nitrogens is 2. The normalized spacial score (nSPS) is 10.2. The second-order valence-electron chi connectivity index (χ2n) is 4.34. The molecule has 1 aromatic heterocycles. The van der Waals surface area contributed by atoms with E-state index < -0.39 is 0 Å². The lowest BCUT2D eigenvalue weighted by Crippen LogP contribution is -2.16. The van der Waals surface area contributed by atoms with E-state index in [1.165, 1.54) is 6.33 Å². The van der Waals surface area contributed by atoms with Crippen molar-refractivity contribution >= 4 is 11.6 Å². The van der Waals surface area contributed by atoms with Crippen LogP contribution in [0, 0.1) is 13.8 Å². The van der Waals surface area contributed by atoms with Gasteiger partial charge in [0, 0.05) is 16.9 Å². The van der Waals surface area contributed by atoms with Crippen molar-refractivity contribution in [2.45, 2.75) is 20.8 Å². The number of rotatable bonds is 4. The number of nitrogens with one attached hydrogen (secondary N) is 1. The molecule has 0 unspecified atom stereocenters. The first-order valence-corrected chi connectivity index (χ1v) is 6.44. The van der Waals surface area contributed by atoms with Crippen LogP contribution in [0.3, 0.4) is 0 Å². The van der Waals surface area contributed by atoms with Gasteiger partial charge in [-0.15, -0.1) is 0 Å². The summed E-state index contributed by atoms with van der Waals surface area (Å²) in [4.78, 5) is 20.3. The van der Waals surface area contributed by atoms with Crippen LogP contribution in [0.25, 0.3) is 0 Å². The minimum Gasteiger partial charge on any atom is -0.494 e. The zero-order chi connectivity index (χ0) is 14.5. The number of hydrogen-bond donors (Lipinski definition) is 1. The van der Waals surface area contributed by atoms with E-state index in [0.717, 1.165) is 17.0 Å². The molecular formula is C15H17N3O2. The topological polar surface area (TPSA) is 64.1 Å². The Bertz CT molecular complexity index is 609. The highest BCUT2D eigenvalue weighted by atomic mass is 16.5. The van der Waals surface area contributed by atoms with Crippen molar-refractivity contribution in [3.8, 4) is 5.75 Å². The third kappa shape index (κ3) is 3.12. The molecule has 0 atom stereocenters. The van der Waals surface area contributed by atoms with E-state index in [4.69, 9.17) is 4.74 Å². The van der Waals surface area contributed by atoms with Gasteiger partial charge in [0.2, 0.25) is 0 Å². The summed E-state index contributed by atoms with van der Waals surface area (Å²) >= 11 is 0. The molecule has 1 amide bonds. The summed E-state index contributed by atoms with van der Waals surface area (Å²) in [5.41, 5.74) is 2.69. The molecule has 1 aromatic carbocycles. The number of aryl methyl sites for hydroxylation is 1. The van der Waals surface area contributed by atoms with Crippen molar-refractivity contribution in [1.82, 2.24) is 9.97 Å². The number of benzene rings is 1. The van der Waals surface area contributed by atoms with Crippen LogP contribution in [0.15, 0.2) is 30.6 Å². The molecule has 0 saturated heterocycles. The lowest BCUT2D eigenvalue weighted by atomic mass is 10.2. The predicted molar refractivity (Wildman–Crippen MR) is 77.1 cm³/mol. The van der Waals surface area contributed by atoms with Crippen molar-refractivity contribution in [2.24, 2.45) is 0 Å². The summed E-state index contributed by atoms with van der Waals surface area (Å²) in [6, 6.07) is 7.23. The predicted octanol–water partition coefficient (Wildman–Crippen LogP) is 2.74. The maximum atomic E-state index is 12.2. The third-order valence-corrected chi connectivity index (χ3v) is 2.97. The van der Waals surface area contributed by atoms with Gasteiger partial charge in [0.25, 0.3) is 5.91 Å². The van der Waals surface area contributed by atoms with Crippen LogP contribution in [0.1, 0.15) is 28.7 Å². The summed E-state index contributed by atoms with van der Waals surface area (Å²) < 4.78 is 5.35. The van der Waals surface area contributed by atoms with Gasteiger partial charge in [0.1, 0.15) is 17.8 Å². The third-order valence-electron chi connectivity index (χ3n) is 2.97. The van der Waals surface area contributed by atoms with Crippen LogP contribution in [0.2, 0.25) is 0 Å². The number of carbonyl (C=O) groups excluding carboxylic acids is 1. The van der Waals surface area contributed by atoms with Crippen molar-refractivity contribution in [1.29, 1.82) is 0 Å². The Hall–Kier alpha value is -2.43. The van der Waals surface area contributed by atoms with Crippen LogP contribution >= 0.6 is 0 Å². The molecule has 0 fully saturated rings. The van der Waals surface area contributed by atoms with Gasteiger partial charge >= 0.3 is 0 Å². The first kappa shape index (κ1) is 14.0. The van der Waals surface area contributed by atoms with Crippen molar-refractivity contribution in [3.05, 3.63) is 47.5 Å². The van der Waals surface area contributed by atoms with Crippen LogP contribution in [0.5, 0.6) is 5.75 Å². The number of anilines is 1. The number of ether oxygens (including phenoxy) is 1. The van der Waals surface area contributed by atoms with Gasteiger partial charge in [-0.1, -0.05) is 0 Å². The minimum atomic E-state index is -0.239. The molecule has 20 heavy (non-hydrogen) atoms. The second kappa shape index (κ2) is 6.14. The molecule has 5 heteroatoms. The quantitative estimate of drug-likeness (QED) is 0.928. The lowest BCUT2D eigenvalue weighted by molar-refractivity contribution is 0.102. The van der Waals surface area contributed by atoms with Crippen LogP contribution in [-0.2, 0) is 0 Å². The molecule has 0 aliphatic carbocycles. The molecule has 0 bridgehead atoms. The molecule has 5 nitrogen and oxygen atoms in total. The average Bonchev–Trinajstić information content (AvgIpc) is 2.44. The fraction of sp³-hybridized carbons (Fsp3) is 0.267. The number of hydrogen-bond acceptors (Lipinski definition) is 4. The van der Waals surface area contributed by atoms with Gasteiger partial charge in [-0.05, 0) is 45.0 Å². The Labute approximate surface area is 118 Å². The summed E-state index contributed by atoms with van der Waals surface area (Å²) in [7, 11) is 0. The summed E-state index contributed by atoms with van der Waals surface area (Å²) in [6.07, 6.45) is 1.40. The van der Waals surface area contributed by atoms with Gasteiger partial charge in [0.05, 0.1) is 6.61 Å². The first-order valence-electron chi connectivity index (χ1n) is 6.44. The molecule has 0 radical (unpaired) electrons. The molecule has 104 valence electrons. The van der Waals surface area contributed by atoms with Crippen LogP contribution in [-0.4, -0.2) is 22.5 Å². The zero-order valence-corrected chi connectivity index (χ0v) is 11.8. The van der Waals surface area contributed by atoms with E-state index in [1.807, 2.05) is 32.9 Å². The Kier molecular flexibility index (Phi) is 4.30. The summed E-state index contributed by atoms with van der Waals surface area (Å²) in [6.45, 7) is 6.23. The maximum Gasteiger partial charge on any atom is 0.274 e. The Balaban J connectivity index is 2.13. The molecule has 2 aromatic rings. The molecule has 0 spiro atoms. The van der Waals surface area contributed by atoms with Gasteiger partial charge in [0.15, 0.2) is 0 Å². The molecule has 0 saturated carbocycles. The van der Waals surface area contributed by atoms with E-state index in [1.54, 1.807) is 12.1 Å². The van der Waals surface area contributed by atoms with E-state index in [-0.39, 0.29) is 5.91 Å². The SMILES string of the molecule is CCOc1ccc(NC(=O)c2ncnc(C)c2C)cc1. The molecule has 1 N–H and O–H groups in total. The molecular weight excluding hydrogens is 254 g/mol. The fourth-order valence-electron chi connectivity index (χ4n) is 1.76. The monoisotopic (exact) mass is 271 g/mol. The smallest absolute Gasteiger partial charge is 0.274 e. The Morgan fingerprint density at radius 2 is 1.90 bits per heavy atom. The van der Waals surface area contributed by atoms with Crippen LogP contribution < -0.4 is 10.1 Å². The van der Waals surface area contributed by atoms with E-state index >= 15 is 0 Å². The van der Waals surface area contributed by atoms with E-state index in [9.17, 15) is 4.79 Å².